The molecule has 1 aromatic carbocycles. The predicted molar refractivity (Wildman–Crippen MR) is 52.5 cm³/mol. The topological polar surface area (TPSA) is 43.1 Å². The molecule has 1 rings (SSSR count). The SMILES string of the molecule is O=[N+]([O-])C=Cc1ccc(Cl)cc1Cl. The van der Waals surface area contributed by atoms with E-state index in [1.807, 2.05) is 0 Å². The summed E-state index contributed by atoms with van der Waals surface area (Å²) in [6.45, 7) is 0. The fraction of sp³-hybridized carbons (Fsp3) is 0. The first-order chi connectivity index (χ1) is 6.09. The Morgan fingerprint density at radius 2 is 2.08 bits per heavy atom. The zero-order chi connectivity index (χ0) is 9.84. The molecule has 13 heavy (non-hydrogen) atoms. The quantitative estimate of drug-likeness (QED) is 0.564. The van der Waals surface area contributed by atoms with Gasteiger partial charge >= 0.3 is 0 Å². The molecule has 0 atom stereocenters. The average molecular weight is 218 g/mol. The first-order valence-electron chi connectivity index (χ1n) is 3.36. The molecule has 0 amide bonds. The fourth-order valence-corrected chi connectivity index (χ4v) is 1.25. The Bertz CT molecular complexity index is 363. The van der Waals surface area contributed by atoms with Crippen LogP contribution in [0.25, 0.3) is 6.08 Å². The summed E-state index contributed by atoms with van der Waals surface area (Å²) in [5.41, 5.74) is 0.572. The van der Waals surface area contributed by atoms with Gasteiger partial charge in [0.05, 0.1) is 4.92 Å². The molecule has 0 bridgehead atoms. The van der Waals surface area contributed by atoms with E-state index in [4.69, 9.17) is 23.2 Å². The number of halogens is 2. The molecule has 0 N–H and O–H groups in total. The molecule has 0 aliphatic rings. The molecule has 5 heteroatoms. The van der Waals surface area contributed by atoms with Gasteiger partial charge in [0.1, 0.15) is 0 Å². The van der Waals surface area contributed by atoms with Crippen molar-refractivity contribution in [3.05, 3.63) is 50.1 Å². The molecular weight excluding hydrogens is 213 g/mol. The second kappa shape index (κ2) is 4.25. The Hall–Kier alpha value is -1.06. The van der Waals surface area contributed by atoms with Gasteiger partial charge in [0.2, 0.25) is 6.20 Å². The summed E-state index contributed by atoms with van der Waals surface area (Å²) in [6, 6.07) is 4.76. The van der Waals surface area contributed by atoms with E-state index < -0.39 is 4.92 Å². The van der Waals surface area contributed by atoms with Crippen LogP contribution < -0.4 is 0 Å². The molecule has 0 aromatic heterocycles. The number of nitro groups is 1. The van der Waals surface area contributed by atoms with Crippen LogP contribution in [0.2, 0.25) is 10.0 Å². The van der Waals surface area contributed by atoms with E-state index in [-0.39, 0.29) is 0 Å². The maximum absolute atomic E-state index is 10.0. The molecular formula is C8H5Cl2NO2. The molecule has 0 fully saturated rings. The molecule has 1 aromatic rings. The Kier molecular flexibility index (Phi) is 3.28. The largest absolute Gasteiger partial charge is 0.259 e. The summed E-state index contributed by atoms with van der Waals surface area (Å²) in [6.07, 6.45) is 2.15. The summed E-state index contributed by atoms with van der Waals surface area (Å²) < 4.78 is 0. The number of benzene rings is 1. The van der Waals surface area contributed by atoms with Crippen molar-refractivity contribution < 1.29 is 4.92 Å². The van der Waals surface area contributed by atoms with Gasteiger partial charge in [0, 0.05) is 16.1 Å². The van der Waals surface area contributed by atoms with E-state index in [2.05, 4.69) is 0 Å². The van der Waals surface area contributed by atoms with Crippen molar-refractivity contribution in [1.29, 1.82) is 0 Å². The lowest BCUT2D eigenvalue weighted by atomic mass is 10.2. The van der Waals surface area contributed by atoms with Gasteiger partial charge in [0.25, 0.3) is 0 Å². The van der Waals surface area contributed by atoms with Crippen molar-refractivity contribution in [3.63, 3.8) is 0 Å². The second-order valence-corrected chi connectivity index (χ2v) is 3.11. The minimum atomic E-state index is -0.551. The van der Waals surface area contributed by atoms with Gasteiger partial charge in [0.15, 0.2) is 0 Å². The van der Waals surface area contributed by atoms with Crippen molar-refractivity contribution in [1.82, 2.24) is 0 Å². The molecule has 0 saturated heterocycles. The van der Waals surface area contributed by atoms with Crippen LogP contribution in [-0.4, -0.2) is 4.92 Å². The second-order valence-electron chi connectivity index (χ2n) is 2.27. The third-order valence-electron chi connectivity index (χ3n) is 1.34. The lowest BCUT2D eigenvalue weighted by molar-refractivity contribution is -0.400. The van der Waals surface area contributed by atoms with Crippen LogP contribution in [0.1, 0.15) is 5.56 Å². The lowest BCUT2D eigenvalue weighted by Gasteiger charge is -1.96. The summed E-state index contributed by atoms with van der Waals surface area (Å²) in [5, 5.41) is 10.9. The van der Waals surface area contributed by atoms with Crippen LogP contribution in [0.4, 0.5) is 0 Å². The Morgan fingerprint density at radius 3 is 2.62 bits per heavy atom. The number of hydrogen-bond donors (Lipinski definition) is 0. The predicted octanol–water partition coefficient (Wildman–Crippen LogP) is 3.24. The van der Waals surface area contributed by atoms with Crippen LogP contribution >= 0.6 is 23.2 Å². The summed E-state index contributed by atoms with van der Waals surface area (Å²) in [7, 11) is 0. The highest BCUT2D eigenvalue weighted by Gasteiger charge is 1.98. The van der Waals surface area contributed by atoms with Gasteiger partial charge < -0.3 is 0 Å². The van der Waals surface area contributed by atoms with Crippen LogP contribution in [0.5, 0.6) is 0 Å². The first-order valence-corrected chi connectivity index (χ1v) is 4.12. The Balaban J connectivity index is 2.96. The summed E-state index contributed by atoms with van der Waals surface area (Å²) >= 11 is 11.4. The molecule has 0 heterocycles. The summed E-state index contributed by atoms with van der Waals surface area (Å²) in [4.78, 5) is 9.45. The average Bonchev–Trinajstić information content (AvgIpc) is 2.02. The van der Waals surface area contributed by atoms with Gasteiger partial charge in [-0.15, -0.1) is 0 Å². The van der Waals surface area contributed by atoms with Crippen molar-refractivity contribution >= 4 is 29.3 Å². The third-order valence-corrected chi connectivity index (χ3v) is 1.90. The Morgan fingerprint density at radius 1 is 1.38 bits per heavy atom. The van der Waals surface area contributed by atoms with Crippen LogP contribution in [0.3, 0.4) is 0 Å². The number of nitrogens with zero attached hydrogens (tertiary/aromatic N) is 1. The van der Waals surface area contributed by atoms with Crippen LogP contribution in [0, 0.1) is 10.1 Å². The third kappa shape index (κ3) is 3.05. The normalized spacial score (nSPS) is 10.6. The highest BCUT2D eigenvalue weighted by Crippen LogP contribution is 2.21. The van der Waals surface area contributed by atoms with E-state index >= 15 is 0 Å². The van der Waals surface area contributed by atoms with Gasteiger partial charge in [-0.2, -0.15) is 0 Å². The highest BCUT2D eigenvalue weighted by atomic mass is 35.5. The zero-order valence-electron chi connectivity index (χ0n) is 6.41. The molecule has 0 saturated carbocycles. The van der Waals surface area contributed by atoms with E-state index in [1.54, 1.807) is 12.1 Å². The van der Waals surface area contributed by atoms with Crippen molar-refractivity contribution in [2.24, 2.45) is 0 Å². The minimum absolute atomic E-state index is 0.394. The number of rotatable bonds is 2. The standard InChI is InChI=1S/C8H5Cl2NO2/c9-7-2-1-6(8(10)5-7)3-4-11(12)13/h1-5H. The van der Waals surface area contributed by atoms with E-state index in [0.717, 1.165) is 6.20 Å². The minimum Gasteiger partial charge on any atom is -0.259 e. The van der Waals surface area contributed by atoms with Crippen molar-refractivity contribution in [2.75, 3.05) is 0 Å². The Labute approximate surface area is 84.7 Å². The van der Waals surface area contributed by atoms with Crippen LogP contribution in [-0.2, 0) is 0 Å². The first kappa shape index (κ1) is 10.0. The smallest absolute Gasteiger partial charge is 0.235 e. The van der Waals surface area contributed by atoms with Crippen molar-refractivity contribution in [3.8, 4) is 0 Å². The molecule has 0 radical (unpaired) electrons. The lowest BCUT2D eigenvalue weighted by Crippen LogP contribution is -1.83. The molecule has 0 spiro atoms. The maximum atomic E-state index is 10.0. The molecule has 68 valence electrons. The van der Waals surface area contributed by atoms with E-state index in [1.165, 1.54) is 12.1 Å². The molecule has 0 unspecified atom stereocenters. The van der Waals surface area contributed by atoms with Gasteiger partial charge in [-0.05, 0) is 17.7 Å². The maximum Gasteiger partial charge on any atom is 0.235 e. The van der Waals surface area contributed by atoms with Gasteiger partial charge in [-0.1, -0.05) is 29.3 Å². The van der Waals surface area contributed by atoms with Crippen LogP contribution in [0.15, 0.2) is 24.4 Å². The zero-order valence-corrected chi connectivity index (χ0v) is 7.92. The van der Waals surface area contributed by atoms with Crippen molar-refractivity contribution in [2.45, 2.75) is 0 Å². The summed E-state index contributed by atoms with van der Waals surface area (Å²) in [5.74, 6) is 0. The van der Waals surface area contributed by atoms with E-state index in [9.17, 15) is 10.1 Å². The molecule has 0 aliphatic heterocycles. The molecule has 3 nitrogen and oxygen atoms in total. The van der Waals surface area contributed by atoms with Gasteiger partial charge in [-0.3, -0.25) is 10.1 Å². The monoisotopic (exact) mass is 217 g/mol. The fourth-order valence-electron chi connectivity index (χ4n) is 0.778. The molecule has 0 aliphatic carbocycles. The van der Waals surface area contributed by atoms with E-state index in [0.29, 0.717) is 15.6 Å². The number of hydrogen-bond acceptors (Lipinski definition) is 2. The highest BCUT2D eigenvalue weighted by molar-refractivity contribution is 6.35. The van der Waals surface area contributed by atoms with Gasteiger partial charge in [-0.25, -0.2) is 0 Å².